The van der Waals surface area contributed by atoms with Crippen LogP contribution in [0.1, 0.15) is 38.6 Å². The van der Waals surface area contributed by atoms with Crippen molar-refractivity contribution >= 4 is 23.1 Å². The summed E-state index contributed by atoms with van der Waals surface area (Å²) >= 11 is 5.95. The molecule has 0 aromatic heterocycles. The van der Waals surface area contributed by atoms with Crippen molar-refractivity contribution in [3.63, 3.8) is 0 Å². The highest BCUT2D eigenvalue weighted by Gasteiger charge is 2.06. The minimum atomic E-state index is -0.00824. The monoisotopic (exact) mass is 227 g/mol. The lowest BCUT2D eigenvalue weighted by Gasteiger charge is -2.10. The van der Waals surface area contributed by atoms with Gasteiger partial charge in [0, 0.05) is 17.3 Å². The smallest absolute Gasteiger partial charge is 0.161 e. The third-order valence-corrected chi connectivity index (χ3v) is 2.12. The number of carbonyl (C=O) groups excluding carboxylic acids is 1. The molecule has 0 aliphatic rings. The zero-order valence-corrected chi connectivity index (χ0v) is 9.35. The van der Waals surface area contributed by atoms with Crippen LogP contribution in [-0.2, 0) is 0 Å². The van der Waals surface area contributed by atoms with Crippen molar-refractivity contribution in [2.45, 2.75) is 34.2 Å². The lowest BCUT2D eigenvalue weighted by Crippen LogP contribution is -2.09. The molecule has 1 rings (SSSR count). The normalized spacial score (nSPS) is 9.67. The molecule has 0 heterocycles. The van der Waals surface area contributed by atoms with E-state index in [0.29, 0.717) is 16.6 Å². The van der Waals surface area contributed by atoms with Gasteiger partial charge in [-0.1, -0.05) is 19.0 Å². The van der Waals surface area contributed by atoms with E-state index in [4.69, 9.17) is 11.6 Å². The van der Waals surface area contributed by atoms with Crippen LogP contribution in [-0.4, -0.2) is 11.8 Å². The highest BCUT2D eigenvalue weighted by atomic mass is 35.5. The van der Waals surface area contributed by atoms with Gasteiger partial charge in [-0.05, 0) is 39.0 Å². The van der Waals surface area contributed by atoms with Gasteiger partial charge in [0.1, 0.15) is 0 Å². The number of halogens is 1. The molecule has 1 N–H and O–H groups in total. The highest BCUT2D eigenvalue weighted by molar-refractivity contribution is 6.34. The molecule has 0 saturated carbocycles. The molecule has 0 saturated heterocycles. The molecule has 0 aliphatic carbocycles. The van der Waals surface area contributed by atoms with Crippen molar-refractivity contribution in [3.8, 4) is 0 Å². The Bertz CT molecular complexity index is 347. The highest BCUT2D eigenvalue weighted by Crippen LogP contribution is 2.21. The van der Waals surface area contributed by atoms with Crippen LogP contribution < -0.4 is 5.32 Å². The van der Waals surface area contributed by atoms with Crippen molar-refractivity contribution < 1.29 is 4.79 Å². The van der Waals surface area contributed by atoms with E-state index in [9.17, 15) is 4.79 Å². The number of carbonyl (C=O) groups is 1. The molecule has 84 valence electrons. The van der Waals surface area contributed by atoms with Crippen molar-refractivity contribution in [2.24, 2.45) is 0 Å². The second-order valence-electron chi connectivity index (χ2n) is 3.55. The number of ketones is 1. The van der Waals surface area contributed by atoms with Gasteiger partial charge in [0.25, 0.3) is 0 Å². The van der Waals surface area contributed by atoms with Crippen molar-refractivity contribution in [2.75, 3.05) is 5.32 Å². The molecule has 0 fully saturated rings. The Balaban J connectivity index is 0.00000196. The SMILES string of the molecule is C.CC(=O)c1ccc(NC(C)C)cc1Cl. The van der Waals surface area contributed by atoms with Crippen LogP contribution in [0.25, 0.3) is 0 Å². The van der Waals surface area contributed by atoms with E-state index in [2.05, 4.69) is 5.32 Å². The third-order valence-electron chi connectivity index (χ3n) is 1.80. The van der Waals surface area contributed by atoms with Crippen LogP contribution >= 0.6 is 11.6 Å². The zero-order chi connectivity index (χ0) is 10.7. The summed E-state index contributed by atoms with van der Waals surface area (Å²) in [6.07, 6.45) is 0. The van der Waals surface area contributed by atoms with Crippen LogP contribution in [0.2, 0.25) is 5.02 Å². The first-order chi connectivity index (χ1) is 6.50. The predicted molar refractivity (Wildman–Crippen MR) is 66.9 cm³/mol. The number of hydrogen-bond acceptors (Lipinski definition) is 2. The summed E-state index contributed by atoms with van der Waals surface area (Å²) in [4.78, 5) is 11.1. The minimum absolute atomic E-state index is 0. The molecule has 15 heavy (non-hydrogen) atoms. The topological polar surface area (TPSA) is 29.1 Å². The molecule has 0 bridgehead atoms. The summed E-state index contributed by atoms with van der Waals surface area (Å²) in [5.41, 5.74) is 1.51. The van der Waals surface area contributed by atoms with Crippen LogP contribution in [0.3, 0.4) is 0 Å². The molecule has 0 unspecified atom stereocenters. The summed E-state index contributed by atoms with van der Waals surface area (Å²) in [6.45, 7) is 5.61. The molecule has 0 aliphatic heterocycles. The molecule has 1 aromatic rings. The molecule has 2 nitrogen and oxygen atoms in total. The average molecular weight is 228 g/mol. The number of hydrogen-bond donors (Lipinski definition) is 1. The van der Waals surface area contributed by atoms with Crippen LogP contribution in [0, 0.1) is 0 Å². The van der Waals surface area contributed by atoms with Gasteiger partial charge in [0.05, 0.1) is 5.02 Å². The maximum absolute atomic E-state index is 11.1. The lowest BCUT2D eigenvalue weighted by atomic mass is 10.1. The first-order valence-electron chi connectivity index (χ1n) is 4.57. The quantitative estimate of drug-likeness (QED) is 0.791. The minimum Gasteiger partial charge on any atom is -0.383 e. The van der Waals surface area contributed by atoms with E-state index >= 15 is 0 Å². The van der Waals surface area contributed by atoms with Gasteiger partial charge in [-0.15, -0.1) is 0 Å². The Morgan fingerprint density at radius 2 is 2.00 bits per heavy atom. The molecular weight excluding hydrogens is 210 g/mol. The fraction of sp³-hybridized carbons (Fsp3) is 0.417. The van der Waals surface area contributed by atoms with Gasteiger partial charge in [-0.2, -0.15) is 0 Å². The summed E-state index contributed by atoms with van der Waals surface area (Å²) < 4.78 is 0. The number of Topliss-reactive ketones (excluding diaryl/α,β-unsaturated/α-hetero) is 1. The third kappa shape index (κ3) is 3.92. The second kappa shape index (κ2) is 5.76. The summed E-state index contributed by atoms with van der Waals surface area (Å²) in [5.74, 6) is -0.00824. The Labute approximate surface area is 96.6 Å². The van der Waals surface area contributed by atoms with Gasteiger partial charge in [0.2, 0.25) is 0 Å². The summed E-state index contributed by atoms with van der Waals surface area (Å²) in [6, 6.07) is 5.74. The predicted octanol–water partition coefficient (Wildman–Crippen LogP) is 4.00. The Morgan fingerprint density at radius 3 is 2.40 bits per heavy atom. The number of nitrogens with one attached hydrogen (secondary N) is 1. The van der Waals surface area contributed by atoms with Gasteiger partial charge in [-0.25, -0.2) is 0 Å². The first kappa shape index (κ1) is 14.0. The average Bonchev–Trinajstić information content (AvgIpc) is 2.01. The maximum Gasteiger partial charge on any atom is 0.161 e. The maximum atomic E-state index is 11.1. The molecule has 1 aromatic carbocycles. The van der Waals surface area contributed by atoms with E-state index in [-0.39, 0.29) is 13.2 Å². The zero-order valence-electron chi connectivity index (χ0n) is 8.60. The van der Waals surface area contributed by atoms with E-state index in [1.54, 1.807) is 12.1 Å². The summed E-state index contributed by atoms with van der Waals surface area (Å²) in [5, 5.41) is 3.72. The number of benzene rings is 1. The van der Waals surface area contributed by atoms with Gasteiger partial charge < -0.3 is 5.32 Å². The van der Waals surface area contributed by atoms with E-state index in [1.807, 2.05) is 19.9 Å². The molecule has 3 heteroatoms. The Morgan fingerprint density at radius 1 is 1.40 bits per heavy atom. The van der Waals surface area contributed by atoms with Crippen molar-refractivity contribution in [1.29, 1.82) is 0 Å². The molecule has 0 amide bonds. The van der Waals surface area contributed by atoms with Crippen molar-refractivity contribution in [1.82, 2.24) is 0 Å². The van der Waals surface area contributed by atoms with E-state index in [1.165, 1.54) is 6.92 Å². The molecular formula is C12H18ClNO. The number of anilines is 1. The van der Waals surface area contributed by atoms with E-state index in [0.717, 1.165) is 5.69 Å². The van der Waals surface area contributed by atoms with Gasteiger partial charge in [0.15, 0.2) is 5.78 Å². The molecule has 0 atom stereocenters. The molecule has 0 radical (unpaired) electrons. The van der Waals surface area contributed by atoms with Crippen LogP contribution in [0.5, 0.6) is 0 Å². The fourth-order valence-corrected chi connectivity index (χ4v) is 1.54. The van der Waals surface area contributed by atoms with Crippen LogP contribution in [0.15, 0.2) is 18.2 Å². The van der Waals surface area contributed by atoms with Gasteiger partial charge in [-0.3, -0.25) is 4.79 Å². The number of rotatable bonds is 3. The Hall–Kier alpha value is -1.02. The lowest BCUT2D eigenvalue weighted by molar-refractivity contribution is 0.101. The fourth-order valence-electron chi connectivity index (χ4n) is 1.22. The largest absolute Gasteiger partial charge is 0.383 e. The second-order valence-corrected chi connectivity index (χ2v) is 3.96. The van der Waals surface area contributed by atoms with E-state index < -0.39 is 0 Å². The standard InChI is InChI=1S/C11H14ClNO.CH4/c1-7(2)13-9-4-5-10(8(3)14)11(12)6-9;/h4-7,13H,1-3H3;1H4. The van der Waals surface area contributed by atoms with Crippen LogP contribution in [0.4, 0.5) is 5.69 Å². The molecule has 0 spiro atoms. The van der Waals surface area contributed by atoms with Crippen molar-refractivity contribution in [3.05, 3.63) is 28.8 Å². The van der Waals surface area contributed by atoms with Gasteiger partial charge >= 0.3 is 0 Å². The summed E-state index contributed by atoms with van der Waals surface area (Å²) in [7, 11) is 0. The Kier molecular flexibility index (Phi) is 5.37. The first-order valence-corrected chi connectivity index (χ1v) is 4.95.